The minimum atomic E-state index is -0.582. The zero-order valence-electron chi connectivity index (χ0n) is 15.4. The van der Waals surface area contributed by atoms with Gasteiger partial charge in [0.05, 0.1) is 11.8 Å². The van der Waals surface area contributed by atoms with E-state index in [1.54, 1.807) is 13.0 Å². The van der Waals surface area contributed by atoms with E-state index in [0.29, 0.717) is 30.7 Å². The van der Waals surface area contributed by atoms with Crippen molar-refractivity contribution in [2.45, 2.75) is 57.7 Å². The first kappa shape index (κ1) is 18.7. The molecule has 3 rings (SSSR count). The molecule has 0 aromatic heterocycles. The Balaban J connectivity index is 1.42. The van der Waals surface area contributed by atoms with Crippen LogP contribution in [0.4, 0.5) is 5.69 Å². The van der Waals surface area contributed by atoms with E-state index in [9.17, 15) is 9.59 Å². The average Bonchev–Trinajstić information content (AvgIpc) is 2.66. The van der Waals surface area contributed by atoms with Crippen LogP contribution in [0.5, 0.6) is 5.75 Å². The van der Waals surface area contributed by atoms with Gasteiger partial charge in [-0.1, -0.05) is 31.4 Å². The number of carbonyl (C=O) groups is 2. The number of hydrogen-bond donors (Lipinski definition) is 1. The zero-order valence-corrected chi connectivity index (χ0v) is 15.4. The molecule has 1 aromatic carbocycles. The molecule has 1 fully saturated rings. The van der Waals surface area contributed by atoms with E-state index in [4.69, 9.17) is 9.47 Å². The van der Waals surface area contributed by atoms with E-state index in [-0.39, 0.29) is 18.4 Å². The van der Waals surface area contributed by atoms with E-state index in [0.717, 1.165) is 19.3 Å². The van der Waals surface area contributed by atoms with Crippen LogP contribution in [0, 0.1) is 0 Å². The number of nitrogens with zero attached hydrogens (tertiary/aromatic N) is 1. The second-order valence-corrected chi connectivity index (χ2v) is 6.99. The van der Waals surface area contributed by atoms with Gasteiger partial charge in [-0.2, -0.15) is 0 Å². The van der Waals surface area contributed by atoms with Gasteiger partial charge in [0.25, 0.3) is 5.91 Å². The van der Waals surface area contributed by atoms with E-state index < -0.39 is 6.10 Å². The monoisotopic (exact) mass is 360 g/mol. The number of hydrogen-bond acceptors (Lipinski definition) is 4. The predicted octanol–water partition coefficient (Wildman–Crippen LogP) is 2.66. The van der Waals surface area contributed by atoms with Crippen LogP contribution in [-0.4, -0.2) is 43.7 Å². The predicted molar refractivity (Wildman–Crippen MR) is 99.3 cm³/mol. The fraction of sp³-hybridized carbons (Fsp3) is 0.600. The van der Waals surface area contributed by atoms with Gasteiger partial charge < -0.3 is 14.8 Å². The molecule has 0 spiro atoms. The standard InChI is InChI=1S/C20H28N2O4/c1-15-20(24)22(17-10-5-6-11-18(17)26-15)14-19(23)21-12-7-13-25-16-8-3-2-4-9-16/h5-6,10-11,15-16H,2-4,7-9,12-14H2,1H3,(H,21,23). The highest BCUT2D eigenvalue weighted by atomic mass is 16.5. The van der Waals surface area contributed by atoms with Crippen LogP contribution in [0.15, 0.2) is 24.3 Å². The highest BCUT2D eigenvalue weighted by Crippen LogP contribution is 2.33. The molecule has 142 valence electrons. The normalized spacial score (nSPS) is 20.4. The number of fused-ring (bicyclic) bond motifs is 1. The molecule has 1 heterocycles. The van der Waals surface area contributed by atoms with Crippen LogP contribution in [0.25, 0.3) is 0 Å². The summed E-state index contributed by atoms with van der Waals surface area (Å²) in [6.07, 6.45) is 6.74. The largest absolute Gasteiger partial charge is 0.479 e. The van der Waals surface area contributed by atoms with Gasteiger partial charge in [0.15, 0.2) is 6.10 Å². The number of nitrogens with one attached hydrogen (secondary N) is 1. The van der Waals surface area contributed by atoms with Gasteiger partial charge in [-0.05, 0) is 38.3 Å². The Bertz CT molecular complexity index is 628. The molecule has 1 atom stereocenters. The number of ether oxygens (including phenoxy) is 2. The molecule has 1 aromatic rings. The van der Waals surface area contributed by atoms with Crippen molar-refractivity contribution in [2.75, 3.05) is 24.6 Å². The first-order valence-electron chi connectivity index (χ1n) is 9.60. The van der Waals surface area contributed by atoms with E-state index in [2.05, 4.69) is 5.32 Å². The minimum absolute atomic E-state index is 0.00697. The van der Waals surface area contributed by atoms with E-state index in [1.165, 1.54) is 24.2 Å². The molecule has 1 saturated carbocycles. The summed E-state index contributed by atoms with van der Waals surface area (Å²) < 4.78 is 11.4. The molecule has 6 nitrogen and oxygen atoms in total. The Morgan fingerprint density at radius 2 is 2.04 bits per heavy atom. The lowest BCUT2D eigenvalue weighted by atomic mass is 9.98. The number of anilines is 1. The van der Waals surface area contributed by atoms with Crippen molar-refractivity contribution < 1.29 is 19.1 Å². The summed E-state index contributed by atoms with van der Waals surface area (Å²) in [4.78, 5) is 26.1. The molecule has 1 aliphatic carbocycles. The third-order valence-electron chi connectivity index (χ3n) is 4.92. The highest BCUT2D eigenvalue weighted by Gasteiger charge is 2.32. The van der Waals surface area contributed by atoms with Crippen molar-refractivity contribution in [1.29, 1.82) is 0 Å². The first-order chi connectivity index (χ1) is 12.6. The van der Waals surface area contributed by atoms with Crippen LogP contribution in [0.3, 0.4) is 0 Å². The van der Waals surface area contributed by atoms with E-state index in [1.807, 2.05) is 18.2 Å². The molecule has 0 radical (unpaired) electrons. The minimum Gasteiger partial charge on any atom is -0.479 e. The molecule has 26 heavy (non-hydrogen) atoms. The molecule has 1 aliphatic heterocycles. The lowest BCUT2D eigenvalue weighted by Gasteiger charge is -2.32. The molecule has 2 aliphatic rings. The maximum absolute atomic E-state index is 12.4. The summed E-state index contributed by atoms with van der Waals surface area (Å²) in [5, 5.41) is 2.88. The van der Waals surface area contributed by atoms with Crippen molar-refractivity contribution >= 4 is 17.5 Å². The fourth-order valence-electron chi connectivity index (χ4n) is 3.50. The molecule has 0 bridgehead atoms. The Kier molecular flexibility index (Phi) is 6.50. The van der Waals surface area contributed by atoms with Crippen LogP contribution in [0.1, 0.15) is 45.4 Å². The third-order valence-corrected chi connectivity index (χ3v) is 4.92. The molecule has 0 saturated heterocycles. The topological polar surface area (TPSA) is 67.9 Å². The van der Waals surface area contributed by atoms with Gasteiger partial charge in [0, 0.05) is 13.2 Å². The number of para-hydroxylation sites is 2. The summed E-state index contributed by atoms with van der Waals surface area (Å²) in [7, 11) is 0. The Labute approximate surface area is 154 Å². The lowest BCUT2D eigenvalue weighted by molar-refractivity contribution is -0.128. The van der Waals surface area contributed by atoms with Gasteiger partial charge in [-0.3, -0.25) is 14.5 Å². The number of amides is 2. The summed E-state index contributed by atoms with van der Waals surface area (Å²) in [5.41, 5.74) is 0.645. The van der Waals surface area contributed by atoms with Crippen LogP contribution < -0.4 is 15.0 Å². The maximum atomic E-state index is 12.4. The Morgan fingerprint density at radius 1 is 1.27 bits per heavy atom. The molecule has 6 heteroatoms. The molecular weight excluding hydrogens is 332 g/mol. The zero-order chi connectivity index (χ0) is 18.4. The summed E-state index contributed by atoms with van der Waals surface area (Å²) >= 11 is 0. The molecule has 2 amide bonds. The highest BCUT2D eigenvalue weighted by molar-refractivity contribution is 6.03. The van der Waals surface area contributed by atoms with Crippen LogP contribution >= 0.6 is 0 Å². The molecule has 1 N–H and O–H groups in total. The maximum Gasteiger partial charge on any atom is 0.268 e. The lowest BCUT2D eigenvalue weighted by Crippen LogP contribution is -2.48. The quantitative estimate of drug-likeness (QED) is 0.759. The van der Waals surface area contributed by atoms with Crippen molar-refractivity contribution in [2.24, 2.45) is 0 Å². The van der Waals surface area contributed by atoms with E-state index >= 15 is 0 Å². The van der Waals surface area contributed by atoms with Gasteiger partial charge in [-0.15, -0.1) is 0 Å². The van der Waals surface area contributed by atoms with Crippen LogP contribution in [0.2, 0.25) is 0 Å². The Morgan fingerprint density at radius 3 is 2.85 bits per heavy atom. The van der Waals surface area contributed by atoms with Crippen molar-refractivity contribution in [1.82, 2.24) is 5.32 Å². The smallest absolute Gasteiger partial charge is 0.268 e. The third kappa shape index (κ3) is 4.75. The van der Waals surface area contributed by atoms with Crippen molar-refractivity contribution in [3.05, 3.63) is 24.3 Å². The summed E-state index contributed by atoms with van der Waals surface area (Å²) in [6.45, 7) is 2.93. The first-order valence-corrected chi connectivity index (χ1v) is 9.60. The second kappa shape index (κ2) is 9.03. The van der Waals surface area contributed by atoms with Gasteiger partial charge in [0.1, 0.15) is 12.3 Å². The summed E-state index contributed by atoms with van der Waals surface area (Å²) in [6, 6.07) is 7.29. The number of rotatable bonds is 7. The SMILES string of the molecule is CC1Oc2ccccc2N(CC(=O)NCCCOC2CCCCC2)C1=O. The fourth-order valence-corrected chi connectivity index (χ4v) is 3.50. The molecule has 1 unspecified atom stereocenters. The second-order valence-electron chi connectivity index (χ2n) is 6.99. The number of carbonyl (C=O) groups excluding carboxylic acids is 2. The number of benzene rings is 1. The summed E-state index contributed by atoms with van der Waals surface area (Å²) in [5.74, 6) is 0.271. The van der Waals surface area contributed by atoms with Gasteiger partial charge in [-0.25, -0.2) is 0 Å². The molecular formula is C20H28N2O4. The van der Waals surface area contributed by atoms with Gasteiger partial charge in [0.2, 0.25) is 5.91 Å². The van der Waals surface area contributed by atoms with Crippen LogP contribution in [-0.2, 0) is 14.3 Å². The van der Waals surface area contributed by atoms with Crippen molar-refractivity contribution in [3.63, 3.8) is 0 Å². The van der Waals surface area contributed by atoms with Gasteiger partial charge >= 0.3 is 0 Å². The van der Waals surface area contributed by atoms with Crippen molar-refractivity contribution in [3.8, 4) is 5.75 Å². The average molecular weight is 360 g/mol. The Hall–Kier alpha value is -2.08.